The fourth-order valence-corrected chi connectivity index (χ4v) is 1.94. The predicted molar refractivity (Wildman–Crippen MR) is 69.6 cm³/mol. The molecule has 6 heteroatoms. The quantitative estimate of drug-likeness (QED) is 0.451. The maximum absolute atomic E-state index is 9.98. The lowest BCUT2D eigenvalue weighted by Crippen LogP contribution is -2.17. The first-order valence-corrected chi connectivity index (χ1v) is 6.12. The summed E-state index contributed by atoms with van der Waals surface area (Å²) in [7, 11) is 0. The molecular formula is C13H19NO5. The fourth-order valence-electron chi connectivity index (χ4n) is 1.94. The monoisotopic (exact) mass is 269 g/mol. The lowest BCUT2D eigenvalue weighted by Gasteiger charge is -2.25. The third-order valence-electron chi connectivity index (χ3n) is 3.08. The van der Waals surface area contributed by atoms with E-state index in [2.05, 4.69) is 4.84 Å². The van der Waals surface area contributed by atoms with Crippen molar-refractivity contribution in [2.45, 2.75) is 38.5 Å². The van der Waals surface area contributed by atoms with Crippen molar-refractivity contribution < 1.29 is 20.1 Å². The summed E-state index contributed by atoms with van der Waals surface area (Å²) in [5.41, 5.74) is 0.602. The van der Waals surface area contributed by atoms with Gasteiger partial charge in [-0.1, -0.05) is 20.3 Å². The molecule has 0 bridgehead atoms. The van der Waals surface area contributed by atoms with E-state index < -0.39 is 5.09 Å². The van der Waals surface area contributed by atoms with Gasteiger partial charge in [0.1, 0.15) is 11.5 Å². The number of rotatable bonds is 7. The van der Waals surface area contributed by atoms with Crippen LogP contribution in [0.5, 0.6) is 11.5 Å². The third kappa shape index (κ3) is 5.03. The standard InChI is InChI=1S/C13H19NO5/c1-13(2,5-3-4-6-19-14(17)18)10-7-11(15)9-12(16)8-10/h7-9,15-16H,3-6H2,1-2H3. The smallest absolute Gasteiger partial charge is 0.294 e. The fraction of sp³-hybridized carbons (Fsp3) is 0.538. The SMILES string of the molecule is CC(C)(CCCCO[N+](=O)[O-])c1cc(O)cc(O)c1. The molecule has 0 radical (unpaired) electrons. The number of aromatic hydroxyl groups is 2. The van der Waals surface area contributed by atoms with Gasteiger partial charge in [-0.2, -0.15) is 0 Å². The Balaban J connectivity index is 2.53. The molecule has 1 rings (SSSR count). The average Bonchev–Trinajstić information content (AvgIpc) is 2.26. The van der Waals surface area contributed by atoms with Crippen LogP contribution in [-0.4, -0.2) is 21.9 Å². The molecule has 0 amide bonds. The summed E-state index contributed by atoms with van der Waals surface area (Å²) in [4.78, 5) is 14.2. The van der Waals surface area contributed by atoms with Gasteiger partial charge in [-0.3, -0.25) is 0 Å². The summed E-state index contributed by atoms with van der Waals surface area (Å²) < 4.78 is 0. The second-order valence-corrected chi connectivity index (χ2v) is 5.14. The van der Waals surface area contributed by atoms with E-state index in [0.717, 1.165) is 18.4 Å². The van der Waals surface area contributed by atoms with E-state index in [1.165, 1.54) is 6.07 Å². The van der Waals surface area contributed by atoms with E-state index in [-0.39, 0.29) is 23.5 Å². The van der Waals surface area contributed by atoms with Gasteiger partial charge in [-0.15, -0.1) is 10.1 Å². The largest absolute Gasteiger partial charge is 0.508 e. The van der Waals surface area contributed by atoms with Crippen LogP contribution in [0.15, 0.2) is 18.2 Å². The topological polar surface area (TPSA) is 92.8 Å². The van der Waals surface area contributed by atoms with Gasteiger partial charge in [-0.05, 0) is 36.0 Å². The molecule has 106 valence electrons. The highest BCUT2D eigenvalue weighted by atomic mass is 16.9. The lowest BCUT2D eigenvalue weighted by atomic mass is 9.80. The van der Waals surface area contributed by atoms with Crippen molar-refractivity contribution in [3.8, 4) is 11.5 Å². The molecule has 0 aliphatic carbocycles. The Hall–Kier alpha value is -1.98. The van der Waals surface area contributed by atoms with Crippen LogP contribution in [0.2, 0.25) is 0 Å². The molecule has 0 aliphatic heterocycles. The molecule has 0 aromatic heterocycles. The summed E-state index contributed by atoms with van der Waals surface area (Å²) in [6.07, 6.45) is 2.13. The average molecular weight is 269 g/mol. The van der Waals surface area contributed by atoms with Crippen LogP contribution < -0.4 is 0 Å². The van der Waals surface area contributed by atoms with Gasteiger partial charge < -0.3 is 15.1 Å². The van der Waals surface area contributed by atoms with E-state index in [1.807, 2.05) is 13.8 Å². The molecule has 0 aliphatic rings. The number of nitrogens with zero attached hydrogens (tertiary/aromatic N) is 1. The van der Waals surface area contributed by atoms with Gasteiger partial charge in [0, 0.05) is 6.07 Å². The second-order valence-electron chi connectivity index (χ2n) is 5.14. The van der Waals surface area contributed by atoms with E-state index in [1.54, 1.807) is 12.1 Å². The Morgan fingerprint density at radius 3 is 2.32 bits per heavy atom. The first-order chi connectivity index (χ1) is 8.81. The molecule has 0 saturated carbocycles. The molecule has 0 atom stereocenters. The zero-order valence-corrected chi connectivity index (χ0v) is 11.1. The molecule has 19 heavy (non-hydrogen) atoms. The van der Waals surface area contributed by atoms with Crippen LogP contribution in [0.3, 0.4) is 0 Å². The molecule has 1 aromatic rings. The maximum atomic E-state index is 9.98. The number of hydrogen-bond donors (Lipinski definition) is 2. The highest BCUT2D eigenvalue weighted by molar-refractivity contribution is 5.39. The number of benzene rings is 1. The second kappa shape index (κ2) is 6.26. The number of phenols is 2. The van der Waals surface area contributed by atoms with E-state index in [9.17, 15) is 20.3 Å². The van der Waals surface area contributed by atoms with Gasteiger partial charge in [0.15, 0.2) is 0 Å². The van der Waals surface area contributed by atoms with Crippen molar-refractivity contribution >= 4 is 0 Å². The summed E-state index contributed by atoms with van der Waals surface area (Å²) in [6, 6.07) is 4.52. The van der Waals surface area contributed by atoms with Gasteiger partial charge in [0.2, 0.25) is 0 Å². The minimum atomic E-state index is -0.793. The molecular weight excluding hydrogens is 250 g/mol. The van der Waals surface area contributed by atoms with E-state index in [4.69, 9.17) is 0 Å². The first kappa shape index (κ1) is 15.1. The van der Waals surface area contributed by atoms with Gasteiger partial charge in [-0.25, -0.2) is 0 Å². The van der Waals surface area contributed by atoms with Crippen LogP contribution in [0, 0.1) is 10.1 Å². The zero-order chi connectivity index (χ0) is 14.5. The summed E-state index contributed by atoms with van der Waals surface area (Å²) in [6.45, 7) is 4.08. The Morgan fingerprint density at radius 1 is 1.21 bits per heavy atom. The minimum absolute atomic E-state index is 0.0276. The molecule has 0 unspecified atom stereocenters. The molecule has 6 nitrogen and oxygen atoms in total. The van der Waals surface area contributed by atoms with Crippen molar-refractivity contribution in [3.05, 3.63) is 33.9 Å². The summed E-state index contributed by atoms with van der Waals surface area (Å²) >= 11 is 0. The van der Waals surface area contributed by atoms with Crippen LogP contribution in [0.25, 0.3) is 0 Å². The van der Waals surface area contributed by atoms with Crippen LogP contribution in [-0.2, 0) is 10.3 Å². The van der Waals surface area contributed by atoms with E-state index >= 15 is 0 Å². The minimum Gasteiger partial charge on any atom is -0.508 e. The summed E-state index contributed by atoms with van der Waals surface area (Å²) in [5, 5.41) is 28.1. The number of unbranched alkanes of at least 4 members (excludes halogenated alkanes) is 1. The zero-order valence-electron chi connectivity index (χ0n) is 11.1. The Bertz CT molecular complexity index is 424. The van der Waals surface area contributed by atoms with E-state index in [0.29, 0.717) is 6.42 Å². The van der Waals surface area contributed by atoms with Crippen LogP contribution in [0.1, 0.15) is 38.7 Å². The molecule has 1 aromatic carbocycles. The maximum Gasteiger partial charge on any atom is 0.294 e. The van der Waals surface area contributed by atoms with Crippen LogP contribution in [0.4, 0.5) is 0 Å². The Kier molecular flexibility index (Phi) is 4.97. The lowest BCUT2D eigenvalue weighted by molar-refractivity contribution is -0.757. The number of phenolic OH excluding ortho intramolecular Hbond substituents is 2. The van der Waals surface area contributed by atoms with Crippen molar-refractivity contribution in [1.29, 1.82) is 0 Å². The summed E-state index contributed by atoms with van der Waals surface area (Å²) in [5.74, 6) is 0.0551. The van der Waals surface area contributed by atoms with Gasteiger partial charge in [0.25, 0.3) is 5.09 Å². The first-order valence-electron chi connectivity index (χ1n) is 6.12. The van der Waals surface area contributed by atoms with Crippen molar-refractivity contribution in [1.82, 2.24) is 0 Å². The third-order valence-corrected chi connectivity index (χ3v) is 3.08. The Morgan fingerprint density at radius 2 is 1.79 bits per heavy atom. The van der Waals surface area contributed by atoms with Crippen molar-refractivity contribution in [2.24, 2.45) is 0 Å². The van der Waals surface area contributed by atoms with Crippen molar-refractivity contribution in [3.63, 3.8) is 0 Å². The number of hydrogen-bond acceptors (Lipinski definition) is 5. The molecule has 2 N–H and O–H groups in total. The Labute approximate surface area is 111 Å². The molecule has 0 spiro atoms. The van der Waals surface area contributed by atoms with Crippen molar-refractivity contribution in [2.75, 3.05) is 6.61 Å². The predicted octanol–water partition coefficient (Wildman–Crippen LogP) is 2.75. The molecule has 0 saturated heterocycles. The highest BCUT2D eigenvalue weighted by Crippen LogP contribution is 2.33. The van der Waals surface area contributed by atoms with Crippen LogP contribution >= 0.6 is 0 Å². The normalized spacial score (nSPS) is 11.3. The molecule has 0 heterocycles. The molecule has 0 fully saturated rings. The van der Waals surface area contributed by atoms with Gasteiger partial charge in [0.05, 0.1) is 6.61 Å². The van der Waals surface area contributed by atoms with Gasteiger partial charge >= 0.3 is 0 Å². The highest BCUT2D eigenvalue weighted by Gasteiger charge is 2.21.